The summed E-state index contributed by atoms with van der Waals surface area (Å²) in [5.41, 5.74) is 3.37. The highest BCUT2D eigenvalue weighted by Gasteiger charge is 2.33. The molecule has 7 nitrogen and oxygen atoms in total. The molecule has 0 radical (unpaired) electrons. The van der Waals surface area contributed by atoms with Gasteiger partial charge in [-0.25, -0.2) is 0 Å². The highest BCUT2D eigenvalue weighted by Crippen LogP contribution is 2.35. The zero-order chi connectivity index (χ0) is 18.0. The molecule has 0 N–H and O–H groups in total. The van der Waals surface area contributed by atoms with Gasteiger partial charge >= 0.3 is 0 Å². The van der Waals surface area contributed by atoms with Gasteiger partial charge in [0.1, 0.15) is 0 Å². The van der Waals surface area contributed by atoms with Gasteiger partial charge in [-0.15, -0.1) is 0 Å². The van der Waals surface area contributed by atoms with Crippen molar-refractivity contribution in [3.63, 3.8) is 0 Å². The van der Waals surface area contributed by atoms with Crippen molar-refractivity contribution in [2.75, 3.05) is 6.54 Å². The van der Waals surface area contributed by atoms with Gasteiger partial charge in [0, 0.05) is 44.1 Å². The van der Waals surface area contributed by atoms with Crippen LogP contribution >= 0.6 is 0 Å². The van der Waals surface area contributed by atoms with Crippen LogP contribution in [0.4, 0.5) is 0 Å². The highest BCUT2D eigenvalue weighted by atomic mass is 16.5. The van der Waals surface area contributed by atoms with E-state index < -0.39 is 0 Å². The van der Waals surface area contributed by atoms with E-state index in [9.17, 15) is 4.79 Å². The molecule has 0 saturated carbocycles. The Labute approximate surface area is 148 Å². The largest absolute Gasteiger partial charge is 0.339 e. The second-order valence-corrected chi connectivity index (χ2v) is 6.81. The fourth-order valence-corrected chi connectivity index (χ4v) is 3.71. The minimum Gasteiger partial charge on any atom is -0.339 e. The minimum atomic E-state index is 0.138. The molecule has 0 aliphatic carbocycles. The zero-order valence-corrected chi connectivity index (χ0v) is 15.6. The Hall–Kier alpha value is -2.18. The molecule has 25 heavy (non-hydrogen) atoms. The topological polar surface area (TPSA) is 77.0 Å². The molecule has 0 spiro atoms. The third-order valence-electron chi connectivity index (χ3n) is 5.01. The number of aromatic nitrogens is 4. The predicted molar refractivity (Wildman–Crippen MR) is 93.0 cm³/mol. The predicted octanol–water partition coefficient (Wildman–Crippen LogP) is 2.67. The molecule has 0 bridgehead atoms. The number of carbonyl (C=O) groups is 1. The standard InChI is InChI=1S/C18H27N5O2/c1-5-7-15-19-16(25-21-15)9-10-17(24)23-11-6-8-14(23)18-12(2)20-22(4)13(18)3/h14H,5-11H2,1-4H3. The van der Waals surface area contributed by atoms with E-state index in [0.29, 0.717) is 18.7 Å². The van der Waals surface area contributed by atoms with Crippen LogP contribution in [-0.4, -0.2) is 37.3 Å². The molecular weight excluding hydrogens is 318 g/mol. The highest BCUT2D eigenvalue weighted by molar-refractivity contribution is 5.77. The number of aryl methyl sites for hydroxylation is 4. The third-order valence-corrected chi connectivity index (χ3v) is 5.01. The van der Waals surface area contributed by atoms with Gasteiger partial charge in [0.05, 0.1) is 11.7 Å². The van der Waals surface area contributed by atoms with E-state index in [4.69, 9.17) is 4.52 Å². The van der Waals surface area contributed by atoms with Crippen molar-refractivity contribution < 1.29 is 9.32 Å². The van der Waals surface area contributed by atoms with Crippen LogP contribution in [-0.2, 0) is 24.7 Å². The molecule has 7 heteroatoms. The zero-order valence-electron chi connectivity index (χ0n) is 15.6. The summed E-state index contributed by atoms with van der Waals surface area (Å²) in [7, 11) is 1.95. The Morgan fingerprint density at radius 2 is 2.12 bits per heavy atom. The summed E-state index contributed by atoms with van der Waals surface area (Å²) in [5.74, 6) is 1.44. The van der Waals surface area contributed by atoms with Crippen molar-refractivity contribution in [2.24, 2.45) is 7.05 Å². The molecule has 0 aromatic carbocycles. The van der Waals surface area contributed by atoms with Crippen LogP contribution in [0, 0.1) is 13.8 Å². The van der Waals surface area contributed by atoms with Crippen LogP contribution < -0.4 is 0 Å². The molecule has 3 rings (SSSR count). The van der Waals surface area contributed by atoms with E-state index in [2.05, 4.69) is 29.1 Å². The summed E-state index contributed by atoms with van der Waals surface area (Å²) >= 11 is 0. The summed E-state index contributed by atoms with van der Waals surface area (Å²) in [6, 6.07) is 0.138. The van der Waals surface area contributed by atoms with Gasteiger partial charge in [0.2, 0.25) is 11.8 Å². The molecule has 1 unspecified atom stereocenters. The maximum atomic E-state index is 12.8. The summed E-state index contributed by atoms with van der Waals surface area (Å²) < 4.78 is 7.14. The maximum absolute atomic E-state index is 12.8. The minimum absolute atomic E-state index is 0.138. The fraction of sp³-hybridized carbons (Fsp3) is 0.667. The lowest BCUT2D eigenvalue weighted by atomic mass is 10.0. The number of hydrogen-bond donors (Lipinski definition) is 0. The van der Waals surface area contributed by atoms with Gasteiger partial charge in [0.25, 0.3) is 0 Å². The molecule has 1 amide bonds. The lowest BCUT2D eigenvalue weighted by Crippen LogP contribution is -2.31. The second-order valence-electron chi connectivity index (χ2n) is 6.81. The van der Waals surface area contributed by atoms with Gasteiger partial charge in [-0.2, -0.15) is 10.1 Å². The van der Waals surface area contributed by atoms with E-state index in [1.807, 2.05) is 23.6 Å². The number of carbonyl (C=O) groups excluding carboxylic acids is 1. The lowest BCUT2D eigenvalue weighted by Gasteiger charge is -2.25. The van der Waals surface area contributed by atoms with E-state index in [0.717, 1.165) is 49.4 Å². The first-order chi connectivity index (χ1) is 12.0. The molecule has 3 heterocycles. The Kier molecular flexibility index (Phi) is 5.20. The number of amides is 1. The Bertz CT molecular complexity index is 749. The smallest absolute Gasteiger partial charge is 0.227 e. The molecule has 1 aliphatic rings. The molecular formula is C18H27N5O2. The average Bonchev–Trinajstić information content (AvgIpc) is 3.27. The number of likely N-dealkylation sites (tertiary alicyclic amines) is 1. The molecule has 2 aromatic rings. The van der Waals surface area contributed by atoms with Gasteiger partial charge in [-0.05, 0) is 33.1 Å². The molecule has 1 saturated heterocycles. The SMILES string of the molecule is CCCc1noc(CCC(=O)N2CCCC2c2c(C)nn(C)c2C)n1. The molecule has 136 valence electrons. The molecule has 1 fully saturated rings. The van der Waals surface area contributed by atoms with Crippen LogP contribution in [0.3, 0.4) is 0 Å². The summed E-state index contributed by atoms with van der Waals surface area (Å²) in [4.78, 5) is 19.1. The second kappa shape index (κ2) is 7.37. The quantitative estimate of drug-likeness (QED) is 0.804. The Balaban J connectivity index is 1.66. The van der Waals surface area contributed by atoms with Crippen LogP contribution in [0.1, 0.15) is 67.3 Å². The maximum Gasteiger partial charge on any atom is 0.227 e. The van der Waals surface area contributed by atoms with E-state index >= 15 is 0 Å². The van der Waals surface area contributed by atoms with E-state index in [-0.39, 0.29) is 11.9 Å². The lowest BCUT2D eigenvalue weighted by molar-refractivity contribution is -0.132. The number of hydrogen-bond acceptors (Lipinski definition) is 5. The first kappa shape index (κ1) is 17.6. The van der Waals surface area contributed by atoms with E-state index in [1.54, 1.807) is 0 Å². The summed E-state index contributed by atoms with van der Waals surface area (Å²) in [5, 5.41) is 8.46. The molecule has 2 aromatic heterocycles. The normalized spacial score (nSPS) is 17.4. The van der Waals surface area contributed by atoms with Crippen molar-refractivity contribution >= 4 is 5.91 Å². The van der Waals surface area contributed by atoms with Gasteiger partial charge < -0.3 is 9.42 Å². The first-order valence-electron chi connectivity index (χ1n) is 9.12. The van der Waals surface area contributed by atoms with Crippen LogP contribution in [0.25, 0.3) is 0 Å². The average molecular weight is 345 g/mol. The van der Waals surface area contributed by atoms with Crippen LogP contribution in [0.5, 0.6) is 0 Å². The number of rotatable bonds is 6. The first-order valence-corrected chi connectivity index (χ1v) is 9.12. The number of nitrogens with zero attached hydrogens (tertiary/aromatic N) is 5. The third kappa shape index (κ3) is 3.60. The summed E-state index contributed by atoms with van der Waals surface area (Å²) in [6.45, 7) is 6.98. The van der Waals surface area contributed by atoms with Gasteiger partial charge in [-0.3, -0.25) is 9.48 Å². The Morgan fingerprint density at radius 1 is 1.32 bits per heavy atom. The molecule has 1 atom stereocenters. The van der Waals surface area contributed by atoms with Crippen molar-refractivity contribution in [1.82, 2.24) is 24.8 Å². The van der Waals surface area contributed by atoms with Crippen molar-refractivity contribution in [2.45, 2.75) is 65.3 Å². The Morgan fingerprint density at radius 3 is 2.80 bits per heavy atom. The van der Waals surface area contributed by atoms with Gasteiger partial charge in [-0.1, -0.05) is 12.1 Å². The van der Waals surface area contributed by atoms with Crippen molar-refractivity contribution in [1.29, 1.82) is 0 Å². The van der Waals surface area contributed by atoms with Crippen LogP contribution in [0.15, 0.2) is 4.52 Å². The van der Waals surface area contributed by atoms with E-state index in [1.165, 1.54) is 5.56 Å². The van der Waals surface area contributed by atoms with Crippen molar-refractivity contribution in [3.05, 3.63) is 28.7 Å². The van der Waals surface area contributed by atoms with Gasteiger partial charge in [0.15, 0.2) is 5.82 Å². The van der Waals surface area contributed by atoms with Crippen LogP contribution in [0.2, 0.25) is 0 Å². The van der Waals surface area contributed by atoms with Crippen molar-refractivity contribution in [3.8, 4) is 0 Å². The molecule has 1 aliphatic heterocycles. The fourth-order valence-electron chi connectivity index (χ4n) is 3.71. The monoisotopic (exact) mass is 345 g/mol. The summed E-state index contributed by atoms with van der Waals surface area (Å²) in [6.07, 6.45) is 4.74.